The van der Waals surface area contributed by atoms with E-state index in [0.29, 0.717) is 18.0 Å². The smallest absolute Gasteiger partial charge is 0.243 e. The van der Waals surface area contributed by atoms with E-state index in [0.717, 1.165) is 50.5 Å². The van der Waals surface area contributed by atoms with Crippen LogP contribution in [-0.4, -0.2) is 71.4 Å². The van der Waals surface area contributed by atoms with Gasteiger partial charge in [-0.25, -0.2) is 0 Å². The van der Waals surface area contributed by atoms with Gasteiger partial charge in [-0.15, -0.1) is 0 Å². The lowest BCUT2D eigenvalue weighted by molar-refractivity contribution is -0.116. The third-order valence-electron chi connectivity index (χ3n) is 5.59. The summed E-state index contributed by atoms with van der Waals surface area (Å²) in [5.74, 6) is 2.10. The number of ether oxygens (including phenoxy) is 3. The van der Waals surface area contributed by atoms with Gasteiger partial charge in [-0.1, -0.05) is 6.07 Å². The Kier molecular flexibility index (Phi) is 8.80. The van der Waals surface area contributed by atoms with Gasteiger partial charge in [0.1, 0.15) is 5.75 Å². The maximum Gasteiger partial charge on any atom is 0.243 e. The molecule has 1 N–H and O–H groups in total. The van der Waals surface area contributed by atoms with Gasteiger partial charge in [-0.3, -0.25) is 9.69 Å². The van der Waals surface area contributed by atoms with Crippen molar-refractivity contribution in [1.82, 2.24) is 10.2 Å². The Morgan fingerprint density at radius 2 is 1.66 bits per heavy atom. The van der Waals surface area contributed by atoms with E-state index in [1.165, 1.54) is 5.69 Å². The molecule has 1 amide bonds. The Hall–Kier alpha value is -3.19. The molecule has 0 aromatic heterocycles. The molecule has 7 nitrogen and oxygen atoms in total. The zero-order valence-corrected chi connectivity index (χ0v) is 19.2. The summed E-state index contributed by atoms with van der Waals surface area (Å²) in [4.78, 5) is 17.0. The molecule has 172 valence electrons. The third kappa shape index (κ3) is 6.65. The molecule has 7 heteroatoms. The van der Waals surface area contributed by atoms with E-state index < -0.39 is 0 Å². The van der Waals surface area contributed by atoms with E-state index in [9.17, 15) is 4.79 Å². The monoisotopic (exact) mass is 439 g/mol. The van der Waals surface area contributed by atoms with Crippen molar-refractivity contribution in [2.24, 2.45) is 0 Å². The SMILES string of the molecule is COc1ccc(N2CCN(CCCNC(=O)/C=C/c3ccc(OC)c(OC)c3)CC2)cc1. The zero-order chi connectivity index (χ0) is 22.8. The van der Waals surface area contributed by atoms with Crippen LogP contribution in [0.1, 0.15) is 12.0 Å². The van der Waals surface area contributed by atoms with Gasteiger partial charge in [0.25, 0.3) is 0 Å². The predicted octanol–water partition coefficient (Wildman–Crippen LogP) is 3.05. The van der Waals surface area contributed by atoms with Gasteiger partial charge in [0.15, 0.2) is 11.5 Å². The Morgan fingerprint density at radius 1 is 0.938 bits per heavy atom. The number of nitrogens with one attached hydrogen (secondary N) is 1. The number of benzene rings is 2. The fourth-order valence-electron chi connectivity index (χ4n) is 3.72. The Morgan fingerprint density at radius 3 is 2.31 bits per heavy atom. The Balaban J connectivity index is 1.34. The highest BCUT2D eigenvalue weighted by Crippen LogP contribution is 2.28. The minimum absolute atomic E-state index is 0.0934. The van der Waals surface area contributed by atoms with Crippen LogP contribution in [0.2, 0.25) is 0 Å². The van der Waals surface area contributed by atoms with Gasteiger partial charge in [0.05, 0.1) is 21.3 Å². The fourth-order valence-corrected chi connectivity index (χ4v) is 3.72. The van der Waals surface area contributed by atoms with E-state index in [-0.39, 0.29) is 5.91 Å². The molecule has 1 saturated heterocycles. The summed E-state index contributed by atoms with van der Waals surface area (Å²) in [6, 6.07) is 13.8. The molecule has 0 unspecified atom stereocenters. The number of piperazine rings is 1. The lowest BCUT2D eigenvalue weighted by atomic mass is 10.2. The van der Waals surface area contributed by atoms with Crippen LogP contribution in [0.25, 0.3) is 6.08 Å². The van der Waals surface area contributed by atoms with Gasteiger partial charge < -0.3 is 24.4 Å². The molecule has 1 aliphatic rings. The predicted molar refractivity (Wildman–Crippen MR) is 128 cm³/mol. The van der Waals surface area contributed by atoms with Crippen LogP contribution < -0.4 is 24.4 Å². The first-order valence-corrected chi connectivity index (χ1v) is 10.9. The summed E-state index contributed by atoms with van der Waals surface area (Å²) in [7, 11) is 4.88. The molecule has 32 heavy (non-hydrogen) atoms. The molecule has 0 spiro atoms. The maximum absolute atomic E-state index is 12.1. The van der Waals surface area contributed by atoms with Crippen molar-refractivity contribution >= 4 is 17.7 Å². The van der Waals surface area contributed by atoms with Crippen LogP contribution in [0, 0.1) is 0 Å². The second-order valence-electron chi connectivity index (χ2n) is 7.62. The van der Waals surface area contributed by atoms with Crippen molar-refractivity contribution in [1.29, 1.82) is 0 Å². The van der Waals surface area contributed by atoms with Crippen LogP contribution in [0.3, 0.4) is 0 Å². The van der Waals surface area contributed by atoms with Gasteiger partial charge in [0.2, 0.25) is 5.91 Å². The summed E-state index contributed by atoms with van der Waals surface area (Å²) in [5.41, 5.74) is 2.12. The van der Waals surface area contributed by atoms with Crippen LogP contribution in [-0.2, 0) is 4.79 Å². The molecule has 2 aromatic rings. The van der Waals surface area contributed by atoms with E-state index in [4.69, 9.17) is 14.2 Å². The van der Waals surface area contributed by atoms with Crippen molar-refractivity contribution in [3.8, 4) is 17.2 Å². The molecule has 2 aromatic carbocycles. The summed E-state index contributed by atoms with van der Waals surface area (Å²) in [5, 5.41) is 2.96. The summed E-state index contributed by atoms with van der Waals surface area (Å²) < 4.78 is 15.7. The van der Waals surface area contributed by atoms with Crippen molar-refractivity contribution in [2.45, 2.75) is 6.42 Å². The Labute approximate surface area is 190 Å². The molecular formula is C25H33N3O4. The number of nitrogens with zero attached hydrogens (tertiary/aromatic N) is 2. The van der Waals surface area contributed by atoms with Crippen molar-refractivity contribution < 1.29 is 19.0 Å². The largest absolute Gasteiger partial charge is 0.497 e. The first-order valence-electron chi connectivity index (χ1n) is 10.9. The highest BCUT2D eigenvalue weighted by molar-refractivity contribution is 5.91. The molecule has 0 saturated carbocycles. The first kappa shape index (κ1) is 23.5. The molecular weight excluding hydrogens is 406 g/mol. The molecule has 0 atom stereocenters. The number of carbonyl (C=O) groups is 1. The number of methoxy groups -OCH3 is 3. The molecule has 0 radical (unpaired) electrons. The average molecular weight is 440 g/mol. The summed E-state index contributed by atoms with van der Waals surface area (Å²) >= 11 is 0. The highest BCUT2D eigenvalue weighted by Gasteiger charge is 2.16. The van der Waals surface area contributed by atoms with Crippen LogP contribution >= 0.6 is 0 Å². The van der Waals surface area contributed by atoms with E-state index >= 15 is 0 Å². The van der Waals surface area contributed by atoms with Crippen molar-refractivity contribution in [3.63, 3.8) is 0 Å². The van der Waals surface area contributed by atoms with Gasteiger partial charge in [-0.2, -0.15) is 0 Å². The molecule has 0 bridgehead atoms. The number of amides is 1. The van der Waals surface area contributed by atoms with Crippen LogP contribution in [0.4, 0.5) is 5.69 Å². The second-order valence-corrected chi connectivity index (χ2v) is 7.62. The average Bonchev–Trinajstić information content (AvgIpc) is 2.85. The normalized spacial score (nSPS) is 14.4. The molecule has 0 aliphatic carbocycles. The van der Waals surface area contributed by atoms with Crippen LogP contribution in [0.5, 0.6) is 17.2 Å². The maximum atomic E-state index is 12.1. The van der Waals surface area contributed by atoms with E-state index in [1.54, 1.807) is 33.5 Å². The van der Waals surface area contributed by atoms with E-state index in [2.05, 4.69) is 27.2 Å². The fraction of sp³-hybridized carbons (Fsp3) is 0.400. The van der Waals surface area contributed by atoms with Gasteiger partial charge in [-0.05, 0) is 61.0 Å². The second kappa shape index (κ2) is 12.0. The number of anilines is 1. The molecule has 3 rings (SSSR count). The zero-order valence-electron chi connectivity index (χ0n) is 19.2. The quantitative estimate of drug-likeness (QED) is 0.454. The number of hydrogen-bond donors (Lipinski definition) is 1. The number of carbonyl (C=O) groups excluding carboxylic acids is 1. The van der Waals surface area contributed by atoms with E-state index in [1.807, 2.05) is 30.3 Å². The minimum atomic E-state index is -0.0934. The van der Waals surface area contributed by atoms with Gasteiger partial charge >= 0.3 is 0 Å². The van der Waals surface area contributed by atoms with Crippen molar-refractivity contribution in [2.75, 3.05) is 65.5 Å². The number of rotatable bonds is 10. The lowest BCUT2D eigenvalue weighted by Crippen LogP contribution is -2.47. The molecule has 1 heterocycles. The van der Waals surface area contributed by atoms with Crippen LogP contribution in [0.15, 0.2) is 48.5 Å². The van der Waals surface area contributed by atoms with Gasteiger partial charge in [0, 0.05) is 44.5 Å². The summed E-state index contributed by atoms with van der Waals surface area (Å²) in [6.45, 7) is 5.71. The van der Waals surface area contributed by atoms with Crippen molar-refractivity contribution in [3.05, 3.63) is 54.1 Å². The third-order valence-corrected chi connectivity index (χ3v) is 5.59. The lowest BCUT2D eigenvalue weighted by Gasteiger charge is -2.36. The summed E-state index contributed by atoms with van der Waals surface area (Å²) in [6.07, 6.45) is 4.25. The number of hydrogen-bond acceptors (Lipinski definition) is 6. The standard InChI is InChI=1S/C25H33N3O4/c1-30-22-9-7-21(8-10-22)28-17-15-27(16-18-28)14-4-13-26-25(29)12-6-20-5-11-23(31-2)24(19-20)32-3/h5-12,19H,4,13-18H2,1-3H3,(H,26,29)/b12-6+. The molecule has 1 aliphatic heterocycles. The minimum Gasteiger partial charge on any atom is -0.497 e. The Bertz CT molecular complexity index is 891. The highest BCUT2D eigenvalue weighted by atomic mass is 16.5. The topological polar surface area (TPSA) is 63.3 Å². The molecule has 1 fully saturated rings. The first-order chi connectivity index (χ1) is 15.6.